The van der Waals surface area contributed by atoms with Gasteiger partial charge in [-0.2, -0.15) is 0 Å². The number of benzene rings is 2. The number of ketones is 1. The highest BCUT2D eigenvalue weighted by atomic mass is 32.2. The van der Waals surface area contributed by atoms with Crippen LogP contribution in [0.25, 0.3) is 11.4 Å². The van der Waals surface area contributed by atoms with Crippen LogP contribution in [0.3, 0.4) is 0 Å². The monoisotopic (exact) mass is 379 g/mol. The third kappa shape index (κ3) is 3.69. The highest BCUT2D eigenvalue weighted by Crippen LogP contribution is 2.27. The molecule has 0 aliphatic carbocycles. The SMILES string of the molecule is Cc1ccccc1-c1nnc(SCC(=O)c2c(C)cc(C)c(C)c2C)n1C. The highest BCUT2D eigenvalue weighted by molar-refractivity contribution is 7.99. The van der Waals surface area contributed by atoms with Gasteiger partial charge < -0.3 is 4.57 Å². The number of carbonyl (C=O) groups excluding carboxylic acids is 1. The van der Waals surface area contributed by atoms with Gasteiger partial charge in [0.25, 0.3) is 0 Å². The van der Waals surface area contributed by atoms with E-state index in [0.717, 1.165) is 38.8 Å². The molecule has 27 heavy (non-hydrogen) atoms. The molecule has 0 atom stereocenters. The minimum atomic E-state index is 0.138. The van der Waals surface area contributed by atoms with E-state index in [-0.39, 0.29) is 5.78 Å². The van der Waals surface area contributed by atoms with Crippen LogP contribution >= 0.6 is 11.8 Å². The Bertz CT molecular complexity index is 1020. The smallest absolute Gasteiger partial charge is 0.191 e. The van der Waals surface area contributed by atoms with E-state index in [1.165, 1.54) is 22.9 Å². The lowest BCUT2D eigenvalue weighted by Gasteiger charge is -2.14. The van der Waals surface area contributed by atoms with Gasteiger partial charge in [-0.25, -0.2) is 0 Å². The van der Waals surface area contributed by atoms with Gasteiger partial charge in [-0.05, 0) is 62.4 Å². The van der Waals surface area contributed by atoms with Crippen LogP contribution in [0.5, 0.6) is 0 Å². The second-order valence-electron chi connectivity index (χ2n) is 7.03. The molecule has 0 spiro atoms. The zero-order valence-electron chi connectivity index (χ0n) is 16.8. The van der Waals surface area contributed by atoms with Gasteiger partial charge in [-0.3, -0.25) is 4.79 Å². The number of nitrogens with zero attached hydrogens (tertiary/aromatic N) is 3. The number of aryl methyl sites for hydroxylation is 3. The fraction of sp³-hybridized carbons (Fsp3) is 0.318. The first-order chi connectivity index (χ1) is 12.8. The summed E-state index contributed by atoms with van der Waals surface area (Å²) in [6.45, 7) is 10.3. The Morgan fingerprint density at radius 3 is 2.37 bits per heavy atom. The summed E-state index contributed by atoms with van der Waals surface area (Å²) in [5.74, 6) is 1.31. The minimum absolute atomic E-state index is 0.138. The zero-order valence-corrected chi connectivity index (χ0v) is 17.6. The molecule has 5 heteroatoms. The maximum Gasteiger partial charge on any atom is 0.191 e. The van der Waals surface area contributed by atoms with E-state index in [1.54, 1.807) is 0 Å². The maximum absolute atomic E-state index is 12.9. The number of carbonyl (C=O) groups is 1. The minimum Gasteiger partial charge on any atom is -0.305 e. The van der Waals surface area contributed by atoms with Crippen molar-refractivity contribution in [1.82, 2.24) is 14.8 Å². The summed E-state index contributed by atoms with van der Waals surface area (Å²) >= 11 is 1.44. The topological polar surface area (TPSA) is 47.8 Å². The van der Waals surface area contributed by atoms with Gasteiger partial charge in [-0.15, -0.1) is 10.2 Å². The van der Waals surface area contributed by atoms with Crippen molar-refractivity contribution in [3.8, 4) is 11.4 Å². The molecule has 4 nitrogen and oxygen atoms in total. The lowest BCUT2D eigenvalue weighted by molar-refractivity contribution is 0.102. The van der Waals surface area contributed by atoms with E-state index in [2.05, 4.69) is 43.1 Å². The van der Waals surface area contributed by atoms with E-state index >= 15 is 0 Å². The first kappa shape index (κ1) is 19.4. The molecule has 0 aliphatic rings. The van der Waals surface area contributed by atoms with Crippen LogP contribution in [0, 0.1) is 34.6 Å². The van der Waals surface area contributed by atoms with Crippen LogP contribution < -0.4 is 0 Å². The number of Topliss-reactive ketones (excluding diaryl/α,β-unsaturated/α-hetero) is 1. The fourth-order valence-electron chi connectivity index (χ4n) is 3.41. The van der Waals surface area contributed by atoms with E-state index in [1.807, 2.05) is 43.7 Å². The maximum atomic E-state index is 12.9. The van der Waals surface area contributed by atoms with Gasteiger partial charge in [0.1, 0.15) is 0 Å². The number of thioether (sulfide) groups is 1. The average molecular weight is 380 g/mol. The summed E-state index contributed by atoms with van der Waals surface area (Å²) in [6, 6.07) is 10.2. The summed E-state index contributed by atoms with van der Waals surface area (Å²) in [7, 11) is 1.95. The van der Waals surface area contributed by atoms with E-state index < -0.39 is 0 Å². The van der Waals surface area contributed by atoms with Gasteiger partial charge >= 0.3 is 0 Å². The molecular formula is C22H25N3OS. The third-order valence-electron chi connectivity index (χ3n) is 5.19. The Labute approximate surface area is 165 Å². The summed E-state index contributed by atoms with van der Waals surface area (Å²) < 4.78 is 1.96. The zero-order chi connectivity index (χ0) is 19.7. The Hall–Kier alpha value is -2.40. The Balaban J connectivity index is 1.82. The van der Waals surface area contributed by atoms with Crippen LogP contribution in [0.4, 0.5) is 0 Å². The number of hydrogen-bond donors (Lipinski definition) is 0. The quantitative estimate of drug-likeness (QED) is 0.462. The molecule has 0 aliphatic heterocycles. The van der Waals surface area contributed by atoms with E-state index in [4.69, 9.17) is 0 Å². The van der Waals surface area contributed by atoms with Crippen LogP contribution in [0.15, 0.2) is 35.5 Å². The number of rotatable bonds is 5. The first-order valence-corrected chi connectivity index (χ1v) is 9.98. The van der Waals surface area contributed by atoms with Crippen molar-refractivity contribution in [2.45, 2.75) is 39.8 Å². The Morgan fingerprint density at radius 2 is 1.67 bits per heavy atom. The van der Waals surface area contributed by atoms with Gasteiger partial charge in [0.15, 0.2) is 16.8 Å². The van der Waals surface area contributed by atoms with Gasteiger partial charge in [0.05, 0.1) is 5.75 Å². The second-order valence-corrected chi connectivity index (χ2v) is 7.97. The van der Waals surface area contributed by atoms with Crippen molar-refractivity contribution in [2.75, 3.05) is 5.75 Å². The van der Waals surface area contributed by atoms with E-state index in [9.17, 15) is 4.79 Å². The van der Waals surface area contributed by atoms with Gasteiger partial charge in [0, 0.05) is 18.2 Å². The third-order valence-corrected chi connectivity index (χ3v) is 6.21. The molecule has 0 radical (unpaired) electrons. The molecule has 0 amide bonds. The summed E-state index contributed by atoms with van der Waals surface area (Å²) in [6.07, 6.45) is 0. The van der Waals surface area contributed by atoms with Crippen molar-refractivity contribution in [3.05, 3.63) is 63.7 Å². The molecule has 0 saturated carbocycles. The molecular weight excluding hydrogens is 354 g/mol. The normalized spacial score (nSPS) is 11.0. The van der Waals surface area contributed by atoms with Crippen LogP contribution in [-0.4, -0.2) is 26.3 Å². The molecule has 140 valence electrons. The molecule has 0 N–H and O–H groups in total. The summed E-state index contributed by atoms with van der Waals surface area (Å²) in [5, 5.41) is 9.39. The highest BCUT2D eigenvalue weighted by Gasteiger charge is 2.18. The molecule has 3 aromatic rings. The Morgan fingerprint density at radius 1 is 0.963 bits per heavy atom. The lowest BCUT2D eigenvalue weighted by Crippen LogP contribution is -2.10. The van der Waals surface area contributed by atoms with Crippen molar-refractivity contribution in [3.63, 3.8) is 0 Å². The van der Waals surface area contributed by atoms with Crippen molar-refractivity contribution in [2.24, 2.45) is 7.05 Å². The van der Waals surface area contributed by atoms with Crippen molar-refractivity contribution in [1.29, 1.82) is 0 Å². The van der Waals surface area contributed by atoms with E-state index in [0.29, 0.717) is 5.75 Å². The summed E-state index contributed by atoms with van der Waals surface area (Å²) in [5.41, 5.74) is 7.59. The average Bonchev–Trinajstić information content (AvgIpc) is 2.99. The van der Waals surface area contributed by atoms with Gasteiger partial charge in [0.2, 0.25) is 0 Å². The standard InChI is InChI=1S/C22H25N3OS/c1-13-9-7-8-10-18(13)21-23-24-22(25(21)6)27-12-19(26)20-15(3)11-14(2)16(4)17(20)5/h7-11H,12H2,1-6H3. The van der Waals surface area contributed by atoms with Crippen LogP contribution in [-0.2, 0) is 7.05 Å². The fourth-order valence-corrected chi connectivity index (χ4v) is 4.20. The number of hydrogen-bond acceptors (Lipinski definition) is 4. The molecule has 0 fully saturated rings. The molecule has 0 saturated heterocycles. The summed E-state index contributed by atoms with van der Waals surface area (Å²) in [4.78, 5) is 12.9. The first-order valence-electron chi connectivity index (χ1n) is 9.00. The molecule has 2 aromatic carbocycles. The predicted molar refractivity (Wildman–Crippen MR) is 112 cm³/mol. The Kier molecular flexibility index (Phi) is 5.51. The number of aromatic nitrogens is 3. The van der Waals surface area contributed by atoms with Crippen molar-refractivity contribution < 1.29 is 4.79 Å². The lowest BCUT2D eigenvalue weighted by atomic mass is 9.92. The van der Waals surface area contributed by atoms with Crippen LogP contribution in [0.2, 0.25) is 0 Å². The van der Waals surface area contributed by atoms with Gasteiger partial charge in [-0.1, -0.05) is 42.1 Å². The molecule has 3 rings (SSSR count). The molecule has 0 bridgehead atoms. The van der Waals surface area contributed by atoms with Crippen LogP contribution in [0.1, 0.15) is 38.2 Å². The molecule has 1 aromatic heterocycles. The molecule has 1 heterocycles. The second kappa shape index (κ2) is 7.69. The predicted octanol–water partition coefficient (Wildman–Crippen LogP) is 5.00. The van der Waals surface area contributed by atoms with Crippen molar-refractivity contribution >= 4 is 17.5 Å². The largest absolute Gasteiger partial charge is 0.305 e. The molecule has 0 unspecified atom stereocenters.